The monoisotopic (exact) mass is 342 g/mol. The van der Waals surface area contributed by atoms with E-state index in [1.54, 1.807) is 6.07 Å². The highest BCUT2D eigenvalue weighted by Crippen LogP contribution is 2.39. The first-order valence-corrected chi connectivity index (χ1v) is 8.30. The first-order valence-electron chi connectivity index (χ1n) is 7.92. The van der Waals surface area contributed by atoms with Gasteiger partial charge >= 0.3 is 6.09 Å². The molecule has 0 radical (unpaired) electrons. The average molecular weight is 343 g/mol. The summed E-state index contributed by atoms with van der Waals surface area (Å²) in [4.78, 5) is 12.0. The van der Waals surface area contributed by atoms with Crippen molar-refractivity contribution in [1.29, 1.82) is 0 Å². The maximum atomic E-state index is 12.0. The normalized spacial score (nSPS) is 29.7. The highest BCUT2D eigenvalue weighted by molar-refractivity contribution is 6.28. The van der Waals surface area contributed by atoms with Crippen LogP contribution in [-0.2, 0) is 16.0 Å². The predicted octanol–water partition coefficient (Wildman–Crippen LogP) is 2.70. The van der Waals surface area contributed by atoms with Crippen molar-refractivity contribution in [3.8, 4) is 0 Å². The van der Waals surface area contributed by atoms with E-state index >= 15 is 0 Å². The van der Waals surface area contributed by atoms with E-state index < -0.39 is 5.60 Å². The van der Waals surface area contributed by atoms with Gasteiger partial charge < -0.3 is 24.5 Å². The summed E-state index contributed by atoms with van der Waals surface area (Å²) in [5, 5.41) is 6.74. The highest BCUT2D eigenvalue weighted by atomic mass is 35.5. The number of hydrogen-bond acceptors (Lipinski definition) is 5. The van der Waals surface area contributed by atoms with Gasteiger partial charge in [-0.1, -0.05) is 0 Å². The lowest BCUT2D eigenvalue weighted by molar-refractivity contribution is -0.0348. The molecular formula is C16H23ClN2O4. The Hall–Kier alpha value is -1.24. The molecule has 0 spiro atoms. The molecule has 0 bridgehead atoms. The number of amides is 1. The fourth-order valence-electron chi connectivity index (χ4n) is 3.26. The molecule has 4 atom stereocenters. The number of halogens is 1. The summed E-state index contributed by atoms with van der Waals surface area (Å²) >= 11 is 5.78. The average Bonchev–Trinajstić information content (AvgIpc) is 3.02. The number of furan rings is 1. The first kappa shape index (κ1) is 16.6. The SMILES string of the molecule is CC(C)(C)OC(=O)NC1C2CCOC2C1NCc1ccc(Cl)o1. The van der Waals surface area contributed by atoms with Crippen molar-refractivity contribution >= 4 is 17.7 Å². The van der Waals surface area contributed by atoms with Gasteiger partial charge in [0.25, 0.3) is 0 Å². The number of ether oxygens (including phenoxy) is 2. The van der Waals surface area contributed by atoms with Gasteiger partial charge in [0.1, 0.15) is 11.4 Å². The van der Waals surface area contributed by atoms with Crippen molar-refractivity contribution in [1.82, 2.24) is 10.6 Å². The van der Waals surface area contributed by atoms with Gasteiger partial charge in [-0.2, -0.15) is 0 Å². The van der Waals surface area contributed by atoms with Crippen LogP contribution in [0.3, 0.4) is 0 Å². The Morgan fingerprint density at radius 2 is 2.17 bits per heavy atom. The molecule has 2 aliphatic rings. The molecule has 1 saturated carbocycles. The lowest BCUT2D eigenvalue weighted by Crippen LogP contribution is -2.70. The zero-order valence-electron chi connectivity index (χ0n) is 13.6. The molecule has 7 heteroatoms. The summed E-state index contributed by atoms with van der Waals surface area (Å²) in [6.45, 7) is 6.82. The summed E-state index contributed by atoms with van der Waals surface area (Å²) < 4.78 is 16.5. The van der Waals surface area contributed by atoms with Crippen LogP contribution in [0.4, 0.5) is 4.79 Å². The molecule has 1 aromatic rings. The number of rotatable bonds is 4. The minimum atomic E-state index is -0.507. The van der Waals surface area contributed by atoms with Crippen molar-refractivity contribution in [3.05, 3.63) is 23.1 Å². The minimum absolute atomic E-state index is 0.00258. The third-order valence-corrected chi connectivity index (χ3v) is 4.41. The van der Waals surface area contributed by atoms with Crippen LogP contribution >= 0.6 is 11.6 Å². The number of hydrogen-bond donors (Lipinski definition) is 2. The third kappa shape index (κ3) is 3.82. The van der Waals surface area contributed by atoms with Gasteiger partial charge in [-0.25, -0.2) is 4.79 Å². The first-order chi connectivity index (χ1) is 10.8. The smallest absolute Gasteiger partial charge is 0.407 e. The number of fused-ring (bicyclic) bond motifs is 1. The van der Waals surface area contributed by atoms with Crippen LogP contribution < -0.4 is 10.6 Å². The second kappa shape index (κ2) is 6.34. The van der Waals surface area contributed by atoms with E-state index in [1.165, 1.54) is 0 Å². The van der Waals surface area contributed by atoms with Crippen LogP contribution in [0.5, 0.6) is 0 Å². The summed E-state index contributed by atoms with van der Waals surface area (Å²) in [5.41, 5.74) is -0.507. The molecule has 1 saturated heterocycles. The Bertz CT molecular complexity index is 569. The van der Waals surface area contributed by atoms with E-state index in [4.69, 9.17) is 25.5 Å². The quantitative estimate of drug-likeness (QED) is 0.880. The van der Waals surface area contributed by atoms with E-state index in [0.29, 0.717) is 17.7 Å². The zero-order chi connectivity index (χ0) is 16.6. The van der Waals surface area contributed by atoms with Crippen LogP contribution in [-0.4, -0.2) is 36.5 Å². The van der Waals surface area contributed by atoms with Crippen LogP contribution in [0.2, 0.25) is 5.22 Å². The lowest BCUT2D eigenvalue weighted by Gasteiger charge is -2.48. The van der Waals surface area contributed by atoms with Gasteiger partial charge in [-0.3, -0.25) is 0 Å². The standard InChI is InChI=1S/C16H23ClN2O4/c1-16(2,3)23-15(20)19-12-10-6-7-21-14(10)13(12)18-8-9-4-5-11(17)22-9/h4-5,10,12-14,18H,6-8H2,1-3H3,(H,19,20). The van der Waals surface area contributed by atoms with Gasteiger partial charge in [-0.05, 0) is 50.9 Å². The summed E-state index contributed by atoms with van der Waals surface area (Å²) in [7, 11) is 0. The Morgan fingerprint density at radius 3 is 2.83 bits per heavy atom. The molecule has 1 aliphatic heterocycles. The number of carbonyl (C=O) groups is 1. The van der Waals surface area contributed by atoms with Gasteiger partial charge in [0.15, 0.2) is 5.22 Å². The largest absolute Gasteiger partial charge is 0.448 e. The number of nitrogens with one attached hydrogen (secondary N) is 2. The van der Waals surface area contributed by atoms with E-state index in [-0.39, 0.29) is 24.3 Å². The second-order valence-electron chi connectivity index (χ2n) is 7.07. The number of alkyl carbamates (subject to hydrolysis) is 1. The van der Waals surface area contributed by atoms with E-state index in [9.17, 15) is 4.79 Å². The minimum Gasteiger partial charge on any atom is -0.448 e. The van der Waals surface area contributed by atoms with Crippen molar-refractivity contribution in [2.24, 2.45) is 5.92 Å². The van der Waals surface area contributed by atoms with Gasteiger partial charge in [0, 0.05) is 12.5 Å². The molecule has 4 unspecified atom stereocenters. The maximum Gasteiger partial charge on any atom is 0.407 e. The van der Waals surface area contributed by atoms with Crippen LogP contribution in [0, 0.1) is 5.92 Å². The van der Waals surface area contributed by atoms with Crippen molar-refractivity contribution < 1.29 is 18.7 Å². The van der Waals surface area contributed by atoms with Gasteiger partial charge in [0.2, 0.25) is 0 Å². The number of carbonyl (C=O) groups excluding carboxylic acids is 1. The molecule has 2 N–H and O–H groups in total. The summed E-state index contributed by atoms with van der Waals surface area (Å²) in [6.07, 6.45) is 0.691. The third-order valence-electron chi connectivity index (χ3n) is 4.21. The van der Waals surface area contributed by atoms with Crippen molar-refractivity contribution in [2.45, 2.75) is 57.5 Å². The Morgan fingerprint density at radius 1 is 1.39 bits per heavy atom. The van der Waals surface area contributed by atoms with Crippen LogP contribution in [0.15, 0.2) is 16.5 Å². The Kier molecular flexibility index (Phi) is 4.58. The molecule has 0 aromatic carbocycles. The highest BCUT2D eigenvalue weighted by Gasteiger charge is 2.54. The van der Waals surface area contributed by atoms with Crippen LogP contribution in [0.1, 0.15) is 33.0 Å². The summed E-state index contributed by atoms with van der Waals surface area (Å²) in [5.74, 6) is 1.09. The van der Waals surface area contributed by atoms with Crippen LogP contribution in [0.25, 0.3) is 0 Å². The fraction of sp³-hybridized carbons (Fsp3) is 0.688. The molecule has 1 amide bonds. The van der Waals surface area contributed by atoms with E-state index in [0.717, 1.165) is 18.8 Å². The molecule has 6 nitrogen and oxygen atoms in total. The predicted molar refractivity (Wildman–Crippen MR) is 85.4 cm³/mol. The topological polar surface area (TPSA) is 72.7 Å². The molecule has 1 aromatic heterocycles. The Labute approximate surface area is 140 Å². The Balaban J connectivity index is 1.57. The molecule has 2 heterocycles. The van der Waals surface area contributed by atoms with Crippen molar-refractivity contribution in [2.75, 3.05) is 6.61 Å². The van der Waals surface area contributed by atoms with Gasteiger partial charge in [0.05, 0.1) is 24.7 Å². The molecule has 2 fully saturated rings. The molecule has 128 valence electrons. The van der Waals surface area contributed by atoms with E-state index in [2.05, 4.69) is 10.6 Å². The molecule has 3 rings (SSSR count). The second-order valence-corrected chi connectivity index (χ2v) is 7.44. The zero-order valence-corrected chi connectivity index (χ0v) is 14.4. The van der Waals surface area contributed by atoms with Gasteiger partial charge in [-0.15, -0.1) is 0 Å². The lowest BCUT2D eigenvalue weighted by atomic mass is 9.71. The fourth-order valence-corrected chi connectivity index (χ4v) is 3.42. The van der Waals surface area contributed by atoms with Crippen molar-refractivity contribution in [3.63, 3.8) is 0 Å². The molecule has 23 heavy (non-hydrogen) atoms. The maximum absolute atomic E-state index is 12.0. The molecule has 1 aliphatic carbocycles. The summed E-state index contributed by atoms with van der Waals surface area (Å²) in [6, 6.07) is 3.59. The molecular weight excluding hydrogens is 320 g/mol. The van der Waals surface area contributed by atoms with E-state index in [1.807, 2.05) is 26.8 Å².